The second-order valence-corrected chi connectivity index (χ2v) is 6.27. The number of hydrogen-bond acceptors (Lipinski definition) is 4. The van der Waals surface area contributed by atoms with Gasteiger partial charge in [-0.15, -0.1) is 0 Å². The zero-order valence-electron chi connectivity index (χ0n) is 13.9. The molecular formula is C17H29N3O. The maximum atomic E-state index is 5.24. The maximum absolute atomic E-state index is 5.24. The van der Waals surface area contributed by atoms with E-state index in [0.717, 1.165) is 31.7 Å². The lowest BCUT2D eigenvalue weighted by atomic mass is 9.91. The Morgan fingerprint density at radius 3 is 2.90 bits per heavy atom. The highest BCUT2D eigenvalue weighted by Gasteiger charge is 2.36. The lowest BCUT2D eigenvalue weighted by Gasteiger charge is -2.48. The number of pyridine rings is 1. The van der Waals surface area contributed by atoms with Crippen LogP contribution in [-0.2, 0) is 6.54 Å². The molecule has 0 radical (unpaired) electrons. The van der Waals surface area contributed by atoms with E-state index < -0.39 is 0 Å². The monoisotopic (exact) mass is 291 g/mol. The Morgan fingerprint density at radius 1 is 1.43 bits per heavy atom. The SMILES string of the molecule is CCCC1CN(Cc2cccc(OC)n2)C(C)(CC)CN1. The summed E-state index contributed by atoms with van der Waals surface area (Å²) in [5.74, 6) is 0.700. The molecule has 0 saturated carbocycles. The van der Waals surface area contributed by atoms with Crippen molar-refractivity contribution >= 4 is 0 Å². The van der Waals surface area contributed by atoms with Gasteiger partial charge in [-0.1, -0.05) is 26.3 Å². The van der Waals surface area contributed by atoms with Crippen LogP contribution in [0, 0.1) is 0 Å². The highest BCUT2D eigenvalue weighted by atomic mass is 16.5. The van der Waals surface area contributed by atoms with Crippen molar-refractivity contribution in [2.45, 2.75) is 58.2 Å². The normalized spacial score (nSPS) is 26.8. The maximum Gasteiger partial charge on any atom is 0.213 e. The molecule has 1 aromatic rings. The number of rotatable bonds is 6. The molecule has 4 nitrogen and oxygen atoms in total. The van der Waals surface area contributed by atoms with Crippen LogP contribution >= 0.6 is 0 Å². The molecule has 118 valence electrons. The van der Waals surface area contributed by atoms with E-state index in [1.165, 1.54) is 12.8 Å². The third-order valence-corrected chi connectivity index (χ3v) is 4.72. The van der Waals surface area contributed by atoms with Gasteiger partial charge in [0.1, 0.15) is 0 Å². The summed E-state index contributed by atoms with van der Waals surface area (Å²) in [5, 5.41) is 3.71. The second-order valence-electron chi connectivity index (χ2n) is 6.27. The summed E-state index contributed by atoms with van der Waals surface area (Å²) in [6.45, 7) is 9.91. The van der Waals surface area contributed by atoms with Gasteiger partial charge in [-0.2, -0.15) is 0 Å². The minimum Gasteiger partial charge on any atom is -0.481 e. The summed E-state index contributed by atoms with van der Waals surface area (Å²) in [6.07, 6.45) is 3.61. The Morgan fingerprint density at radius 2 is 2.24 bits per heavy atom. The van der Waals surface area contributed by atoms with Crippen molar-refractivity contribution in [3.63, 3.8) is 0 Å². The van der Waals surface area contributed by atoms with Gasteiger partial charge >= 0.3 is 0 Å². The van der Waals surface area contributed by atoms with Crippen LogP contribution in [0.2, 0.25) is 0 Å². The van der Waals surface area contributed by atoms with Crippen LogP contribution in [0.15, 0.2) is 18.2 Å². The smallest absolute Gasteiger partial charge is 0.213 e. The average Bonchev–Trinajstić information content (AvgIpc) is 2.51. The zero-order valence-corrected chi connectivity index (χ0v) is 13.9. The number of nitrogens with one attached hydrogen (secondary N) is 1. The van der Waals surface area contributed by atoms with Crippen LogP contribution in [-0.4, -0.2) is 41.7 Å². The number of methoxy groups -OCH3 is 1. The molecule has 2 atom stereocenters. The van der Waals surface area contributed by atoms with Crippen molar-refractivity contribution in [2.75, 3.05) is 20.2 Å². The highest BCUT2D eigenvalue weighted by molar-refractivity contribution is 5.16. The quantitative estimate of drug-likeness (QED) is 0.874. The third kappa shape index (κ3) is 3.95. The average molecular weight is 291 g/mol. The molecule has 1 saturated heterocycles. The van der Waals surface area contributed by atoms with Gasteiger partial charge in [0.2, 0.25) is 5.88 Å². The molecular weight excluding hydrogens is 262 g/mol. The number of hydrogen-bond donors (Lipinski definition) is 1. The summed E-state index contributed by atoms with van der Waals surface area (Å²) < 4.78 is 5.24. The Bertz CT molecular complexity index is 451. The van der Waals surface area contributed by atoms with E-state index in [2.05, 4.69) is 42.0 Å². The van der Waals surface area contributed by atoms with Crippen LogP contribution in [0.1, 0.15) is 45.7 Å². The molecule has 2 rings (SSSR count). The molecule has 0 spiro atoms. The minimum atomic E-state index is 0.203. The van der Waals surface area contributed by atoms with E-state index in [4.69, 9.17) is 4.74 Å². The van der Waals surface area contributed by atoms with Gasteiger partial charge in [0.25, 0.3) is 0 Å². The van der Waals surface area contributed by atoms with Gasteiger partial charge in [-0.3, -0.25) is 4.90 Å². The molecule has 0 aromatic carbocycles. The van der Waals surface area contributed by atoms with Gasteiger partial charge in [-0.25, -0.2) is 4.98 Å². The fourth-order valence-electron chi connectivity index (χ4n) is 3.03. The van der Waals surface area contributed by atoms with Crippen LogP contribution in [0.3, 0.4) is 0 Å². The second kappa shape index (κ2) is 7.23. The van der Waals surface area contributed by atoms with Gasteiger partial charge < -0.3 is 10.1 Å². The van der Waals surface area contributed by atoms with Crippen molar-refractivity contribution in [2.24, 2.45) is 0 Å². The van der Waals surface area contributed by atoms with Crippen LogP contribution in [0.4, 0.5) is 0 Å². The molecule has 21 heavy (non-hydrogen) atoms. The van der Waals surface area contributed by atoms with Gasteiger partial charge in [0.05, 0.1) is 12.8 Å². The molecule has 1 N–H and O–H groups in total. The van der Waals surface area contributed by atoms with E-state index >= 15 is 0 Å². The number of ether oxygens (including phenoxy) is 1. The first kappa shape index (κ1) is 16.2. The summed E-state index contributed by atoms with van der Waals surface area (Å²) in [6, 6.07) is 6.62. The van der Waals surface area contributed by atoms with Gasteiger partial charge in [-0.05, 0) is 25.8 Å². The van der Waals surface area contributed by atoms with Crippen molar-refractivity contribution in [3.05, 3.63) is 23.9 Å². The number of piperazine rings is 1. The molecule has 4 heteroatoms. The molecule has 1 fully saturated rings. The van der Waals surface area contributed by atoms with E-state index in [0.29, 0.717) is 11.9 Å². The fraction of sp³-hybridized carbons (Fsp3) is 0.706. The predicted molar refractivity (Wildman–Crippen MR) is 86.6 cm³/mol. The molecule has 0 bridgehead atoms. The van der Waals surface area contributed by atoms with Crippen LogP contribution in [0.25, 0.3) is 0 Å². The standard InChI is InChI=1S/C17H29N3O/c1-5-8-14-11-20(17(3,6-2)13-18-14)12-15-9-7-10-16(19-15)21-4/h7,9-10,14,18H,5-6,8,11-13H2,1-4H3. The van der Waals surface area contributed by atoms with Crippen LogP contribution < -0.4 is 10.1 Å². The van der Waals surface area contributed by atoms with Crippen molar-refractivity contribution in [1.29, 1.82) is 0 Å². The predicted octanol–water partition coefficient (Wildman–Crippen LogP) is 2.83. The molecule has 0 amide bonds. The Labute approximate surface area is 128 Å². The van der Waals surface area contributed by atoms with E-state index in [-0.39, 0.29) is 5.54 Å². The van der Waals surface area contributed by atoms with E-state index in [9.17, 15) is 0 Å². The molecule has 0 aliphatic carbocycles. The van der Waals surface area contributed by atoms with Crippen molar-refractivity contribution < 1.29 is 4.74 Å². The largest absolute Gasteiger partial charge is 0.481 e. The zero-order chi connectivity index (χ0) is 15.3. The Hall–Kier alpha value is -1.13. The van der Waals surface area contributed by atoms with E-state index in [1.807, 2.05) is 12.1 Å². The third-order valence-electron chi connectivity index (χ3n) is 4.72. The van der Waals surface area contributed by atoms with Gasteiger partial charge in [0.15, 0.2) is 0 Å². The first-order chi connectivity index (χ1) is 10.1. The Balaban J connectivity index is 2.12. The first-order valence-corrected chi connectivity index (χ1v) is 8.09. The summed E-state index contributed by atoms with van der Waals surface area (Å²) in [7, 11) is 1.67. The molecule has 1 aromatic heterocycles. The fourth-order valence-corrected chi connectivity index (χ4v) is 3.03. The summed E-state index contributed by atoms with van der Waals surface area (Å²) in [4.78, 5) is 7.16. The highest BCUT2D eigenvalue weighted by Crippen LogP contribution is 2.26. The molecule has 2 unspecified atom stereocenters. The first-order valence-electron chi connectivity index (χ1n) is 8.09. The van der Waals surface area contributed by atoms with E-state index in [1.54, 1.807) is 7.11 Å². The topological polar surface area (TPSA) is 37.4 Å². The molecule has 2 heterocycles. The van der Waals surface area contributed by atoms with Crippen LogP contribution in [0.5, 0.6) is 5.88 Å². The lowest BCUT2D eigenvalue weighted by Crippen LogP contribution is -2.62. The number of nitrogens with zero attached hydrogens (tertiary/aromatic N) is 2. The number of aromatic nitrogens is 1. The lowest BCUT2D eigenvalue weighted by molar-refractivity contribution is 0.0385. The van der Waals surface area contributed by atoms with Gasteiger partial charge in [0, 0.05) is 37.3 Å². The Kier molecular flexibility index (Phi) is 5.59. The molecule has 1 aliphatic heterocycles. The van der Waals surface area contributed by atoms with Crippen molar-refractivity contribution in [3.8, 4) is 5.88 Å². The molecule has 1 aliphatic rings. The van der Waals surface area contributed by atoms with Crippen molar-refractivity contribution in [1.82, 2.24) is 15.2 Å². The summed E-state index contributed by atoms with van der Waals surface area (Å²) >= 11 is 0. The minimum absolute atomic E-state index is 0.203. The summed E-state index contributed by atoms with van der Waals surface area (Å²) in [5.41, 5.74) is 1.29.